The summed E-state index contributed by atoms with van der Waals surface area (Å²) in [4.78, 5) is 11.8. The highest BCUT2D eigenvalue weighted by molar-refractivity contribution is 6.39. The second-order valence-corrected chi connectivity index (χ2v) is 5.43. The van der Waals surface area contributed by atoms with E-state index in [9.17, 15) is 9.18 Å². The van der Waals surface area contributed by atoms with Gasteiger partial charge in [-0.1, -0.05) is 39.3 Å². The van der Waals surface area contributed by atoms with Crippen molar-refractivity contribution in [2.24, 2.45) is 16.1 Å². The molecular weight excluding hydrogens is 267 g/mol. The van der Waals surface area contributed by atoms with E-state index in [1.54, 1.807) is 13.0 Å². The molecule has 0 fully saturated rings. The average Bonchev–Trinajstić information content (AvgIpc) is 2.43. The van der Waals surface area contributed by atoms with Crippen LogP contribution in [0.2, 0.25) is 0 Å². The van der Waals surface area contributed by atoms with Crippen LogP contribution in [0.15, 0.2) is 34.5 Å². The van der Waals surface area contributed by atoms with E-state index in [1.807, 2.05) is 19.9 Å². The fraction of sp³-hybridized carbons (Fsp3) is 0.471. The van der Waals surface area contributed by atoms with Crippen molar-refractivity contribution in [3.05, 3.63) is 35.6 Å². The summed E-state index contributed by atoms with van der Waals surface area (Å²) in [6.45, 7) is 7.41. The highest BCUT2D eigenvalue weighted by atomic mass is 19.1. The van der Waals surface area contributed by atoms with Gasteiger partial charge in [0.1, 0.15) is 11.5 Å². The molecule has 4 heteroatoms. The average molecular weight is 290 g/mol. The Morgan fingerprint density at radius 3 is 2.57 bits per heavy atom. The van der Waals surface area contributed by atoms with Crippen LogP contribution >= 0.6 is 0 Å². The monoisotopic (exact) mass is 290 g/mol. The highest BCUT2D eigenvalue weighted by Crippen LogP contribution is 2.08. The Labute approximate surface area is 126 Å². The number of nitrogens with zero attached hydrogens (tertiary/aromatic N) is 2. The van der Waals surface area contributed by atoms with Gasteiger partial charge in [0.25, 0.3) is 0 Å². The lowest BCUT2D eigenvalue weighted by molar-refractivity contribution is -0.115. The predicted molar refractivity (Wildman–Crippen MR) is 85.4 cm³/mol. The zero-order valence-corrected chi connectivity index (χ0v) is 13.2. The van der Waals surface area contributed by atoms with Gasteiger partial charge in [-0.3, -0.25) is 4.79 Å². The van der Waals surface area contributed by atoms with Crippen molar-refractivity contribution >= 4 is 17.2 Å². The first-order valence-electron chi connectivity index (χ1n) is 7.32. The Kier molecular flexibility index (Phi) is 6.92. The Morgan fingerprint density at radius 1 is 1.29 bits per heavy atom. The summed E-state index contributed by atoms with van der Waals surface area (Å²) in [5.74, 6) is -0.333. The quantitative estimate of drug-likeness (QED) is 0.548. The zero-order chi connectivity index (χ0) is 15.8. The number of halogens is 1. The van der Waals surface area contributed by atoms with E-state index in [1.165, 1.54) is 12.1 Å². The van der Waals surface area contributed by atoms with E-state index in [4.69, 9.17) is 0 Å². The Balaban J connectivity index is 2.88. The molecule has 0 unspecified atom stereocenters. The molecule has 1 aromatic carbocycles. The maximum Gasteiger partial charge on any atom is 0.181 e. The minimum absolute atomic E-state index is 0.000328. The van der Waals surface area contributed by atoms with Crippen LogP contribution in [0.25, 0.3) is 0 Å². The van der Waals surface area contributed by atoms with Crippen molar-refractivity contribution in [1.82, 2.24) is 0 Å². The molecule has 21 heavy (non-hydrogen) atoms. The van der Waals surface area contributed by atoms with Crippen LogP contribution in [0.3, 0.4) is 0 Å². The standard InChI is InChI=1S/C17H23FN2O/c1-5-7-16(11-14-8-6-9-15(18)10-14)20-19-13(4)17(21)12(2)3/h6,8-10,12H,5,7,11H2,1-4H3/b19-13+,20-16+. The van der Waals surface area contributed by atoms with Gasteiger partial charge in [0, 0.05) is 18.1 Å². The van der Waals surface area contributed by atoms with Gasteiger partial charge in [0.05, 0.1) is 0 Å². The largest absolute Gasteiger partial charge is 0.292 e. The van der Waals surface area contributed by atoms with Crippen LogP contribution in [-0.2, 0) is 11.2 Å². The Bertz CT molecular complexity index is 547. The molecule has 0 atom stereocenters. The van der Waals surface area contributed by atoms with Crippen molar-refractivity contribution in [3.8, 4) is 0 Å². The number of ketones is 1. The van der Waals surface area contributed by atoms with E-state index in [-0.39, 0.29) is 17.5 Å². The minimum Gasteiger partial charge on any atom is -0.292 e. The summed E-state index contributed by atoms with van der Waals surface area (Å²) in [5, 5.41) is 8.25. The Hall–Kier alpha value is -1.84. The van der Waals surface area contributed by atoms with E-state index in [0.29, 0.717) is 12.1 Å². The lowest BCUT2D eigenvalue weighted by Crippen LogP contribution is -2.16. The van der Waals surface area contributed by atoms with Crippen LogP contribution in [0, 0.1) is 11.7 Å². The molecule has 1 rings (SSSR count). The molecule has 0 amide bonds. The molecule has 1 aromatic rings. The maximum absolute atomic E-state index is 13.2. The number of Topliss-reactive ketones (excluding diaryl/α,β-unsaturated/α-hetero) is 1. The first-order valence-corrected chi connectivity index (χ1v) is 7.32. The van der Waals surface area contributed by atoms with Gasteiger partial charge >= 0.3 is 0 Å². The molecule has 0 N–H and O–H groups in total. The van der Waals surface area contributed by atoms with Crippen molar-refractivity contribution in [2.75, 3.05) is 0 Å². The van der Waals surface area contributed by atoms with Crippen LogP contribution in [0.5, 0.6) is 0 Å². The number of benzene rings is 1. The van der Waals surface area contributed by atoms with Crippen LogP contribution in [0.4, 0.5) is 4.39 Å². The molecule has 0 aliphatic rings. The molecule has 114 valence electrons. The molecule has 0 saturated heterocycles. The van der Waals surface area contributed by atoms with Gasteiger partial charge in [0.2, 0.25) is 0 Å². The lowest BCUT2D eigenvalue weighted by Gasteiger charge is -2.05. The van der Waals surface area contributed by atoms with Gasteiger partial charge in [-0.25, -0.2) is 4.39 Å². The predicted octanol–water partition coefficient (Wildman–Crippen LogP) is 4.21. The molecule has 0 aliphatic carbocycles. The van der Waals surface area contributed by atoms with E-state index >= 15 is 0 Å². The summed E-state index contributed by atoms with van der Waals surface area (Å²) < 4.78 is 13.2. The molecule has 0 bridgehead atoms. The van der Waals surface area contributed by atoms with Crippen molar-refractivity contribution < 1.29 is 9.18 Å². The number of hydrogen-bond acceptors (Lipinski definition) is 3. The summed E-state index contributed by atoms with van der Waals surface area (Å²) in [5.41, 5.74) is 2.14. The second kappa shape index (κ2) is 8.45. The third kappa shape index (κ3) is 5.98. The van der Waals surface area contributed by atoms with Gasteiger partial charge < -0.3 is 0 Å². The number of carbonyl (C=O) groups is 1. The van der Waals surface area contributed by atoms with Crippen molar-refractivity contribution in [3.63, 3.8) is 0 Å². The fourth-order valence-electron chi connectivity index (χ4n) is 1.96. The van der Waals surface area contributed by atoms with Gasteiger partial charge in [0.15, 0.2) is 5.78 Å². The van der Waals surface area contributed by atoms with Crippen LogP contribution in [-0.4, -0.2) is 17.2 Å². The lowest BCUT2D eigenvalue weighted by atomic mass is 10.1. The van der Waals surface area contributed by atoms with Crippen molar-refractivity contribution in [2.45, 2.75) is 47.0 Å². The third-order valence-corrected chi connectivity index (χ3v) is 3.06. The zero-order valence-electron chi connectivity index (χ0n) is 13.2. The summed E-state index contributed by atoms with van der Waals surface area (Å²) in [7, 11) is 0. The van der Waals surface area contributed by atoms with Gasteiger partial charge in [-0.05, 0) is 31.0 Å². The highest BCUT2D eigenvalue weighted by Gasteiger charge is 2.10. The summed E-state index contributed by atoms with van der Waals surface area (Å²) in [6.07, 6.45) is 2.27. The fourth-order valence-corrected chi connectivity index (χ4v) is 1.96. The minimum atomic E-state index is -0.252. The SMILES string of the molecule is CCC/C(Cc1cccc(F)c1)=N\N=C(/C)C(=O)C(C)C. The Morgan fingerprint density at radius 2 is 2.00 bits per heavy atom. The third-order valence-electron chi connectivity index (χ3n) is 3.06. The van der Waals surface area contributed by atoms with E-state index in [2.05, 4.69) is 17.1 Å². The summed E-state index contributed by atoms with van der Waals surface area (Å²) >= 11 is 0. The topological polar surface area (TPSA) is 41.8 Å². The van der Waals surface area contributed by atoms with Crippen LogP contribution in [0.1, 0.15) is 46.1 Å². The molecule has 0 aliphatic heterocycles. The maximum atomic E-state index is 13.2. The molecule has 0 radical (unpaired) electrons. The van der Waals surface area contributed by atoms with Gasteiger partial charge in [-0.15, -0.1) is 0 Å². The second-order valence-electron chi connectivity index (χ2n) is 5.43. The van der Waals surface area contributed by atoms with Crippen molar-refractivity contribution in [1.29, 1.82) is 0 Å². The summed E-state index contributed by atoms with van der Waals surface area (Å²) in [6, 6.07) is 6.47. The molecule has 0 spiro atoms. The van der Waals surface area contributed by atoms with Gasteiger partial charge in [-0.2, -0.15) is 10.2 Å². The molecule has 0 aromatic heterocycles. The number of rotatable bonds is 7. The normalized spacial score (nSPS) is 12.9. The van der Waals surface area contributed by atoms with E-state index < -0.39 is 0 Å². The van der Waals surface area contributed by atoms with Crippen LogP contribution < -0.4 is 0 Å². The smallest absolute Gasteiger partial charge is 0.181 e. The molecular formula is C17H23FN2O. The molecule has 0 saturated carbocycles. The number of hydrogen-bond donors (Lipinski definition) is 0. The first kappa shape index (κ1) is 17.2. The van der Waals surface area contributed by atoms with E-state index in [0.717, 1.165) is 24.1 Å². The molecule has 3 nitrogen and oxygen atoms in total. The number of carbonyl (C=O) groups excluding carboxylic acids is 1. The molecule has 0 heterocycles. The first-order chi connectivity index (χ1) is 9.93.